The summed E-state index contributed by atoms with van der Waals surface area (Å²) in [5.41, 5.74) is 0.582. The first kappa shape index (κ1) is 11.0. The third kappa shape index (κ3) is 2.70. The molecule has 1 heteroatoms. The summed E-state index contributed by atoms with van der Waals surface area (Å²) in [7, 11) is 2.12. The van der Waals surface area contributed by atoms with Crippen LogP contribution in [0.25, 0.3) is 0 Å². The summed E-state index contributed by atoms with van der Waals surface area (Å²) in [5.74, 6) is 0.815. The highest BCUT2D eigenvalue weighted by Gasteiger charge is 2.35. The van der Waals surface area contributed by atoms with E-state index in [2.05, 4.69) is 33.1 Å². The molecule has 1 saturated carbocycles. The zero-order valence-electron chi connectivity index (χ0n) is 9.69. The van der Waals surface area contributed by atoms with Gasteiger partial charge in [-0.3, -0.25) is 0 Å². The molecule has 0 aromatic heterocycles. The van der Waals surface area contributed by atoms with Crippen LogP contribution in [0.2, 0.25) is 0 Å². The average molecular weight is 183 g/mol. The van der Waals surface area contributed by atoms with Crippen LogP contribution in [0.5, 0.6) is 0 Å². The second-order valence-corrected chi connectivity index (χ2v) is 5.33. The first-order valence-electron chi connectivity index (χ1n) is 5.76. The average Bonchev–Trinajstić information content (AvgIpc) is 2.48. The molecule has 0 spiro atoms. The Hall–Kier alpha value is -0.0400. The monoisotopic (exact) mass is 183 g/mol. The van der Waals surface area contributed by atoms with E-state index >= 15 is 0 Å². The van der Waals surface area contributed by atoms with Crippen molar-refractivity contribution in [3.63, 3.8) is 0 Å². The topological polar surface area (TPSA) is 12.0 Å². The first-order chi connectivity index (χ1) is 6.08. The zero-order chi connectivity index (χ0) is 9.90. The van der Waals surface area contributed by atoms with Crippen molar-refractivity contribution in [2.75, 3.05) is 7.05 Å². The molecule has 1 unspecified atom stereocenters. The normalized spacial score (nSPS) is 23.8. The van der Waals surface area contributed by atoms with Gasteiger partial charge in [0, 0.05) is 6.04 Å². The van der Waals surface area contributed by atoms with E-state index in [1.807, 2.05) is 0 Å². The molecule has 1 atom stereocenters. The highest BCUT2D eigenvalue weighted by atomic mass is 14.9. The van der Waals surface area contributed by atoms with Crippen LogP contribution in [-0.2, 0) is 0 Å². The SMILES string of the molecule is CNC(CC(C)C)C1(C)CCCC1. The van der Waals surface area contributed by atoms with E-state index in [-0.39, 0.29) is 0 Å². The van der Waals surface area contributed by atoms with Gasteiger partial charge in [-0.05, 0) is 37.6 Å². The Morgan fingerprint density at radius 3 is 2.15 bits per heavy atom. The van der Waals surface area contributed by atoms with Crippen molar-refractivity contribution in [1.82, 2.24) is 5.32 Å². The van der Waals surface area contributed by atoms with Crippen LogP contribution in [0.15, 0.2) is 0 Å². The molecule has 0 aromatic rings. The maximum atomic E-state index is 3.52. The van der Waals surface area contributed by atoms with Gasteiger partial charge in [0.05, 0.1) is 0 Å². The summed E-state index contributed by atoms with van der Waals surface area (Å²) in [4.78, 5) is 0. The van der Waals surface area contributed by atoms with Crippen molar-refractivity contribution in [1.29, 1.82) is 0 Å². The molecule has 0 bridgehead atoms. The van der Waals surface area contributed by atoms with E-state index in [9.17, 15) is 0 Å². The predicted octanol–water partition coefficient (Wildman–Crippen LogP) is 3.20. The van der Waals surface area contributed by atoms with E-state index in [1.165, 1.54) is 32.1 Å². The van der Waals surface area contributed by atoms with Crippen LogP contribution in [0, 0.1) is 11.3 Å². The summed E-state index contributed by atoms with van der Waals surface area (Å²) in [6, 6.07) is 0.731. The number of hydrogen-bond donors (Lipinski definition) is 1. The van der Waals surface area contributed by atoms with Crippen molar-refractivity contribution >= 4 is 0 Å². The molecular formula is C12H25N. The molecule has 78 valence electrons. The molecule has 0 amide bonds. The van der Waals surface area contributed by atoms with Crippen LogP contribution < -0.4 is 5.32 Å². The maximum absolute atomic E-state index is 3.52. The second kappa shape index (κ2) is 4.45. The molecule has 0 radical (unpaired) electrons. The minimum atomic E-state index is 0.582. The van der Waals surface area contributed by atoms with Crippen LogP contribution >= 0.6 is 0 Å². The molecule has 1 rings (SSSR count). The predicted molar refractivity (Wildman–Crippen MR) is 58.9 cm³/mol. The highest BCUT2D eigenvalue weighted by molar-refractivity contribution is 4.91. The zero-order valence-corrected chi connectivity index (χ0v) is 9.69. The maximum Gasteiger partial charge on any atom is 0.0120 e. The summed E-state index contributed by atoms with van der Waals surface area (Å²) in [6.07, 6.45) is 7.04. The Labute approximate surface area is 83.3 Å². The van der Waals surface area contributed by atoms with E-state index in [1.54, 1.807) is 0 Å². The van der Waals surface area contributed by atoms with Gasteiger partial charge in [0.15, 0.2) is 0 Å². The van der Waals surface area contributed by atoms with Gasteiger partial charge in [-0.2, -0.15) is 0 Å². The summed E-state index contributed by atoms with van der Waals surface area (Å²) >= 11 is 0. The lowest BCUT2D eigenvalue weighted by Crippen LogP contribution is -2.41. The van der Waals surface area contributed by atoms with Crippen LogP contribution in [0.4, 0.5) is 0 Å². The van der Waals surface area contributed by atoms with Crippen molar-refractivity contribution in [3.05, 3.63) is 0 Å². The lowest BCUT2D eigenvalue weighted by atomic mass is 9.77. The molecule has 0 aromatic carbocycles. The quantitative estimate of drug-likeness (QED) is 0.706. The van der Waals surface area contributed by atoms with Gasteiger partial charge in [-0.15, -0.1) is 0 Å². The Morgan fingerprint density at radius 1 is 1.23 bits per heavy atom. The molecular weight excluding hydrogens is 158 g/mol. The van der Waals surface area contributed by atoms with Crippen molar-refractivity contribution in [2.24, 2.45) is 11.3 Å². The smallest absolute Gasteiger partial charge is 0.0120 e. The fourth-order valence-electron chi connectivity index (χ4n) is 2.75. The highest BCUT2D eigenvalue weighted by Crippen LogP contribution is 2.42. The summed E-state index contributed by atoms with van der Waals surface area (Å²) < 4.78 is 0. The molecule has 1 aliphatic rings. The lowest BCUT2D eigenvalue weighted by molar-refractivity contribution is 0.203. The van der Waals surface area contributed by atoms with E-state index in [0.29, 0.717) is 5.41 Å². The largest absolute Gasteiger partial charge is 0.316 e. The van der Waals surface area contributed by atoms with Crippen LogP contribution in [-0.4, -0.2) is 13.1 Å². The van der Waals surface area contributed by atoms with Crippen LogP contribution in [0.3, 0.4) is 0 Å². The Kier molecular flexibility index (Phi) is 3.78. The number of nitrogens with one attached hydrogen (secondary N) is 1. The molecule has 0 saturated heterocycles. The van der Waals surface area contributed by atoms with Gasteiger partial charge in [-0.25, -0.2) is 0 Å². The van der Waals surface area contributed by atoms with E-state index in [0.717, 1.165) is 12.0 Å². The minimum Gasteiger partial charge on any atom is -0.316 e. The Balaban J connectivity index is 2.53. The van der Waals surface area contributed by atoms with E-state index in [4.69, 9.17) is 0 Å². The van der Waals surface area contributed by atoms with E-state index < -0.39 is 0 Å². The molecule has 1 fully saturated rings. The summed E-state index contributed by atoms with van der Waals surface area (Å²) in [5, 5.41) is 3.52. The third-order valence-electron chi connectivity index (χ3n) is 3.64. The van der Waals surface area contributed by atoms with Gasteiger partial charge in [0.1, 0.15) is 0 Å². The molecule has 1 N–H and O–H groups in total. The van der Waals surface area contributed by atoms with Gasteiger partial charge < -0.3 is 5.32 Å². The van der Waals surface area contributed by atoms with Crippen molar-refractivity contribution < 1.29 is 0 Å². The number of hydrogen-bond acceptors (Lipinski definition) is 1. The van der Waals surface area contributed by atoms with Crippen molar-refractivity contribution in [2.45, 2.75) is 58.9 Å². The minimum absolute atomic E-state index is 0.582. The van der Waals surface area contributed by atoms with Gasteiger partial charge in [-0.1, -0.05) is 33.6 Å². The van der Waals surface area contributed by atoms with Crippen molar-refractivity contribution in [3.8, 4) is 0 Å². The second-order valence-electron chi connectivity index (χ2n) is 5.33. The fourth-order valence-corrected chi connectivity index (χ4v) is 2.75. The fraction of sp³-hybridized carbons (Fsp3) is 1.00. The molecule has 1 aliphatic carbocycles. The van der Waals surface area contributed by atoms with Gasteiger partial charge in [0.25, 0.3) is 0 Å². The summed E-state index contributed by atoms with van der Waals surface area (Å²) in [6.45, 7) is 7.11. The third-order valence-corrected chi connectivity index (χ3v) is 3.64. The standard InChI is InChI=1S/C12H25N/c1-10(2)9-11(13-4)12(3)7-5-6-8-12/h10-11,13H,5-9H2,1-4H3. The molecule has 13 heavy (non-hydrogen) atoms. The lowest BCUT2D eigenvalue weighted by Gasteiger charge is -2.35. The molecule has 0 heterocycles. The van der Waals surface area contributed by atoms with Crippen LogP contribution in [0.1, 0.15) is 52.9 Å². The Bertz CT molecular complexity index is 145. The molecule has 1 nitrogen and oxygen atoms in total. The molecule has 0 aliphatic heterocycles. The Morgan fingerprint density at radius 2 is 1.77 bits per heavy atom. The first-order valence-corrected chi connectivity index (χ1v) is 5.76. The van der Waals surface area contributed by atoms with Gasteiger partial charge >= 0.3 is 0 Å². The van der Waals surface area contributed by atoms with Gasteiger partial charge in [0.2, 0.25) is 0 Å². The number of rotatable bonds is 4.